The fraction of sp³-hybridized carbons (Fsp3) is 0.627. The number of nitrogens with zero attached hydrogens (tertiary/aromatic N) is 2. The van der Waals surface area contributed by atoms with Gasteiger partial charge in [-0.3, -0.25) is 23.7 Å². The number of unbranched alkanes of at least 4 members (excludes halogenated alkanes) is 2. The molecule has 2 aromatic rings. The lowest BCUT2D eigenvalue weighted by atomic mass is 9.45. The molecule has 388 valence electrons. The molecule has 2 amide bonds. The van der Waals surface area contributed by atoms with Crippen molar-refractivity contribution in [1.29, 1.82) is 0 Å². The monoisotopic (exact) mass is 973 g/mol. The second kappa shape index (κ2) is 28.0. The number of hydrogen-bond acceptors (Lipinski definition) is 8. The van der Waals surface area contributed by atoms with E-state index >= 15 is 0 Å². The van der Waals surface area contributed by atoms with E-state index in [0.29, 0.717) is 36.2 Å². The second-order valence-electron chi connectivity index (χ2n) is 22.4. The molecule has 2 N–H and O–H groups in total. The van der Waals surface area contributed by atoms with E-state index in [1.807, 2.05) is 53.8 Å². The van der Waals surface area contributed by atoms with Gasteiger partial charge in [-0.05, 0) is 102 Å². The SMILES string of the molecule is C=CN=C(C=C)CN(Sc1ccc(C=O)cc1)C(=O)C(C)(C)C.CC.CC(C)C.CCCCCC(C)(C)c1cc(OC)c(C2C=C(CNC(=O)C(C)(C)C(C)(C)CNC)C3CC2C3(C)C)c(OC)c1. The summed E-state index contributed by atoms with van der Waals surface area (Å²) in [5.41, 5.74) is 4.00. The standard InChI is InChI=1S/C35H58N2O3.C18H22N2O2S.C4H10.C2H6/c1-13-14-15-16-32(2,3)24-18-28(39-11)30(29(19-24)40-12)25-17-23(26-20-27(25)34(26,6)7)21-37-31(38)35(8,9)33(4,5)22-36-10;1-6-15(19-7-2)12-20(17(22)18(3,4)5)23-16-10-8-14(13-21)9-11-16;1-4(2)3;1-2/h17-19,25-27,36H,13-16,20-22H2,1-12H3,(H,37,38);6-11,13H,1-2,12H2,3-5H3;4H,1-3H3;1-2H3. The van der Waals surface area contributed by atoms with Gasteiger partial charge in [0.1, 0.15) is 17.8 Å². The molecule has 10 heteroatoms. The Bertz CT molecular complexity index is 1990. The Morgan fingerprint density at radius 1 is 0.942 bits per heavy atom. The highest BCUT2D eigenvalue weighted by atomic mass is 32.2. The van der Waals surface area contributed by atoms with Crippen molar-refractivity contribution in [3.8, 4) is 11.5 Å². The van der Waals surface area contributed by atoms with E-state index in [1.54, 1.807) is 36.7 Å². The quantitative estimate of drug-likeness (QED) is 0.0422. The molecule has 0 radical (unpaired) electrons. The van der Waals surface area contributed by atoms with Gasteiger partial charge in [0, 0.05) is 52.1 Å². The van der Waals surface area contributed by atoms with Crippen LogP contribution >= 0.6 is 11.9 Å². The number of amides is 2. The summed E-state index contributed by atoms with van der Waals surface area (Å²) in [7, 11) is 5.51. The summed E-state index contributed by atoms with van der Waals surface area (Å²) in [5, 5.41) is 6.59. The molecule has 1 saturated carbocycles. The van der Waals surface area contributed by atoms with Crippen LogP contribution in [0.5, 0.6) is 11.5 Å². The third-order valence-corrected chi connectivity index (χ3v) is 14.9. The number of aldehydes is 1. The zero-order valence-corrected chi connectivity index (χ0v) is 47.8. The Morgan fingerprint density at radius 2 is 1.49 bits per heavy atom. The fourth-order valence-corrected chi connectivity index (χ4v) is 9.86. The maximum Gasteiger partial charge on any atom is 0.238 e. The summed E-state index contributed by atoms with van der Waals surface area (Å²) in [6, 6.07) is 11.6. The molecule has 3 atom stereocenters. The smallest absolute Gasteiger partial charge is 0.238 e. The van der Waals surface area contributed by atoms with Crippen LogP contribution < -0.4 is 20.1 Å². The van der Waals surface area contributed by atoms with Gasteiger partial charge >= 0.3 is 0 Å². The summed E-state index contributed by atoms with van der Waals surface area (Å²) >= 11 is 1.32. The molecule has 0 spiro atoms. The van der Waals surface area contributed by atoms with Crippen LogP contribution in [0.15, 0.2) is 83.4 Å². The molecule has 1 fully saturated rings. The molecule has 5 rings (SSSR count). The molecule has 0 aromatic heterocycles. The molecule has 3 aliphatic rings. The van der Waals surface area contributed by atoms with E-state index in [-0.39, 0.29) is 34.0 Å². The van der Waals surface area contributed by atoms with E-state index in [2.05, 4.69) is 130 Å². The van der Waals surface area contributed by atoms with Gasteiger partial charge in [-0.25, -0.2) is 0 Å². The number of hydrogen-bond donors (Lipinski definition) is 2. The molecule has 3 unspecified atom stereocenters. The van der Waals surface area contributed by atoms with Crippen LogP contribution in [-0.2, 0) is 15.0 Å². The van der Waals surface area contributed by atoms with Crippen LogP contribution in [0.25, 0.3) is 0 Å². The Balaban J connectivity index is 0.000000693. The molecule has 0 aliphatic heterocycles. The number of fused-ring (bicyclic) bond motifs is 1. The van der Waals surface area contributed by atoms with Crippen molar-refractivity contribution in [2.24, 2.45) is 44.4 Å². The first kappa shape index (κ1) is 62.9. The van der Waals surface area contributed by atoms with Crippen LogP contribution in [0.2, 0.25) is 0 Å². The zero-order valence-electron chi connectivity index (χ0n) is 47.0. The highest BCUT2D eigenvalue weighted by Gasteiger charge is 2.56. The summed E-state index contributed by atoms with van der Waals surface area (Å²) in [6.07, 6.45) is 12.2. The number of aliphatic imine (C=N–C) groups is 1. The predicted molar refractivity (Wildman–Crippen MR) is 296 cm³/mol. The van der Waals surface area contributed by atoms with Crippen molar-refractivity contribution in [3.05, 3.63) is 90.2 Å². The van der Waals surface area contributed by atoms with Gasteiger partial charge in [-0.1, -0.05) is 174 Å². The molecule has 0 heterocycles. The average Bonchev–Trinajstić information content (AvgIpc) is 3.29. The highest BCUT2D eigenvalue weighted by Crippen LogP contribution is 2.65. The van der Waals surface area contributed by atoms with Crippen molar-refractivity contribution in [2.45, 2.75) is 166 Å². The van der Waals surface area contributed by atoms with Gasteiger partial charge in [0.05, 0.1) is 26.5 Å². The number of carbonyl (C=O) groups excluding carboxylic acids is 3. The lowest BCUT2D eigenvalue weighted by Gasteiger charge is -2.59. The van der Waals surface area contributed by atoms with Crippen molar-refractivity contribution < 1.29 is 23.9 Å². The first-order chi connectivity index (χ1) is 32.1. The number of nitrogens with one attached hydrogen (secondary N) is 2. The first-order valence-electron chi connectivity index (χ1n) is 25.4. The molecular weight excluding hydrogens is 877 g/mol. The van der Waals surface area contributed by atoms with Gasteiger partial charge < -0.3 is 20.1 Å². The van der Waals surface area contributed by atoms with Gasteiger partial charge in [-0.2, -0.15) is 0 Å². The van der Waals surface area contributed by atoms with Gasteiger partial charge in [0.25, 0.3) is 0 Å². The lowest BCUT2D eigenvalue weighted by molar-refractivity contribution is -0.135. The fourth-order valence-electron chi connectivity index (χ4n) is 8.80. The Morgan fingerprint density at radius 3 is 1.93 bits per heavy atom. The third kappa shape index (κ3) is 17.3. The predicted octanol–water partition coefficient (Wildman–Crippen LogP) is 14.5. The van der Waals surface area contributed by atoms with Gasteiger partial charge in [0.2, 0.25) is 11.8 Å². The lowest BCUT2D eigenvalue weighted by Crippen LogP contribution is -2.54. The van der Waals surface area contributed by atoms with E-state index in [9.17, 15) is 14.4 Å². The number of ether oxygens (including phenoxy) is 2. The largest absolute Gasteiger partial charge is 0.496 e. The summed E-state index contributed by atoms with van der Waals surface area (Å²) in [6.45, 7) is 45.2. The average molecular weight is 974 g/mol. The summed E-state index contributed by atoms with van der Waals surface area (Å²) in [4.78, 5) is 41.9. The summed E-state index contributed by atoms with van der Waals surface area (Å²) in [5.74, 6) is 3.93. The van der Waals surface area contributed by atoms with Crippen molar-refractivity contribution >= 4 is 35.8 Å². The first-order valence-corrected chi connectivity index (χ1v) is 26.2. The maximum absolute atomic E-state index is 13.5. The number of carbonyl (C=O) groups is 3. The van der Waals surface area contributed by atoms with Crippen LogP contribution in [-0.4, -0.2) is 69.0 Å². The van der Waals surface area contributed by atoms with Crippen LogP contribution in [0.3, 0.4) is 0 Å². The second-order valence-corrected chi connectivity index (χ2v) is 23.5. The molecule has 9 nitrogen and oxygen atoms in total. The van der Waals surface area contributed by atoms with E-state index in [1.165, 1.54) is 48.5 Å². The molecular formula is C59H96N4O5S. The molecule has 0 saturated heterocycles. The van der Waals surface area contributed by atoms with Crippen LogP contribution in [0.4, 0.5) is 0 Å². The minimum absolute atomic E-state index is 0.0134. The van der Waals surface area contributed by atoms with Gasteiger partial charge in [0.15, 0.2) is 0 Å². The molecule has 2 aromatic carbocycles. The Labute approximate surface area is 425 Å². The topological polar surface area (TPSA) is 109 Å². The third-order valence-electron chi connectivity index (χ3n) is 13.9. The van der Waals surface area contributed by atoms with Crippen LogP contribution in [0.1, 0.15) is 177 Å². The molecule has 3 aliphatic carbocycles. The van der Waals surface area contributed by atoms with E-state index < -0.39 is 10.8 Å². The van der Waals surface area contributed by atoms with Crippen molar-refractivity contribution in [2.75, 3.05) is 40.9 Å². The minimum Gasteiger partial charge on any atom is -0.496 e. The highest BCUT2D eigenvalue weighted by molar-refractivity contribution is 7.97. The van der Waals surface area contributed by atoms with Gasteiger partial charge in [-0.15, -0.1) is 0 Å². The maximum atomic E-state index is 13.5. The van der Waals surface area contributed by atoms with E-state index in [4.69, 9.17) is 9.47 Å². The van der Waals surface area contributed by atoms with Crippen molar-refractivity contribution in [1.82, 2.24) is 14.9 Å². The summed E-state index contributed by atoms with van der Waals surface area (Å²) < 4.78 is 13.8. The zero-order chi connectivity index (χ0) is 53.1. The van der Waals surface area contributed by atoms with Crippen LogP contribution in [0, 0.1) is 39.4 Å². The normalized spacial score (nSPS) is 17.4. The van der Waals surface area contributed by atoms with Crippen molar-refractivity contribution in [3.63, 3.8) is 0 Å². The molecule has 69 heavy (non-hydrogen) atoms. The minimum atomic E-state index is -0.518. The number of rotatable bonds is 21. The number of methoxy groups -OCH3 is 2. The van der Waals surface area contributed by atoms with E-state index in [0.717, 1.165) is 53.5 Å². The number of benzene rings is 2. The Hall–Kier alpha value is -4.15. The number of allylic oxidation sites excluding steroid dienone is 1. The Kier molecular flexibility index (Phi) is 25.5. The molecule has 2 bridgehead atoms.